The SMILES string of the molecule is CC(C)CC1(O)CCN(C(=O)Nc2cc(Oc3ccc(CC(=O)O)cc3)cc(Oc3ccc(F)cc3F)c2)CC1. The molecule has 3 N–H and O–H groups in total. The summed E-state index contributed by atoms with van der Waals surface area (Å²) in [4.78, 5) is 25.6. The van der Waals surface area contributed by atoms with Crippen molar-refractivity contribution in [3.63, 3.8) is 0 Å². The molecular formula is C30H32F2N2O6. The highest BCUT2D eigenvalue weighted by atomic mass is 19.1. The number of carbonyl (C=O) groups is 2. The van der Waals surface area contributed by atoms with E-state index in [1.54, 1.807) is 35.2 Å². The second-order valence-corrected chi connectivity index (χ2v) is 10.4. The van der Waals surface area contributed by atoms with Crippen molar-refractivity contribution < 1.29 is 38.1 Å². The molecule has 1 heterocycles. The molecule has 10 heteroatoms. The molecule has 1 saturated heterocycles. The summed E-state index contributed by atoms with van der Waals surface area (Å²) in [6.07, 6.45) is 1.48. The Morgan fingerprint density at radius 1 is 0.950 bits per heavy atom. The van der Waals surface area contributed by atoms with E-state index in [0.717, 1.165) is 12.1 Å². The molecule has 0 radical (unpaired) electrons. The molecule has 0 spiro atoms. The average molecular weight is 555 g/mol. The molecule has 1 fully saturated rings. The van der Waals surface area contributed by atoms with Gasteiger partial charge in [-0.15, -0.1) is 0 Å². The molecule has 212 valence electrons. The number of benzene rings is 3. The Hall–Kier alpha value is -4.18. The van der Waals surface area contributed by atoms with Crippen LogP contribution in [0.1, 0.15) is 38.7 Å². The van der Waals surface area contributed by atoms with E-state index in [1.807, 2.05) is 13.8 Å². The number of carboxylic acids is 1. The third-order valence-corrected chi connectivity index (χ3v) is 6.54. The molecule has 0 unspecified atom stereocenters. The summed E-state index contributed by atoms with van der Waals surface area (Å²) in [5, 5.41) is 22.6. The molecule has 1 aliphatic heterocycles. The van der Waals surface area contributed by atoms with Crippen molar-refractivity contribution in [3.05, 3.63) is 77.9 Å². The minimum absolute atomic E-state index is 0.130. The van der Waals surface area contributed by atoms with E-state index in [4.69, 9.17) is 14.6 Å². The topological polar surface area (TPSA) is 108 Å². The number of aliphatic carboxylic acids is 1. The lowest BCUT2D eigenvalue weighted by Gasteiger charge is -2.39. The summed E-state index contributed by atoms with van der Waals surface area (Å²) >= 11 is 0. The van der Waals surface area contributed by atoms with Crippen LogP contribution in [0.3, 0.4) is 0 Å². The molecule has 0 bridgehead atoms. The number of hydrogen-bond acceptors (Lipinski definition) is 5. The van der Waals surface area contributed by atoms with Gasteiger partial charge in [0.2, 0.25) is 0 Å². The van der Waals surface area contributed by atoms with Crippen molar-refractivity contribution in [3.8, 4) is 23.0 Å². The van der Waals surface area contributed by atoms with Crippen LogP contribution >= 0.6 is 0 Å². The zero-order valence-electron chi connectivity index (χ0n) is 22.3. The van der Waals surface area contributed by atoms with Gasteiger partial charge in [0.1, 0.15) is 23.1 Å². The maximum atomic E-state index is 14.3. The van der Waals surface area contributed by atoms with Gasteiger partial charge in [-0.3, -0.25) is 4.79 Å². The maximum absolute atomic E-state index is 14.3. The fourth-order valence-electron chi connectivity index (χ4n) is 4.73. The standard InChI is InChI=1S/C30H32F2N2O6/c1-19(2)18-30(38)9-11-34(12-10-30)29(37)33-22-15-24(39-23-6-3-20(4-7-23)13-28(35)36)17-25(16-22)40-27-8-5-21(31)14-26(27)32/h3-8,14-17,19,38H,9-13,18H2,1-2H3,(H,33,37)(H,35,36). The number of anilines is 1. The Labute approximate surface area is 231 Å². The van der Waals surface area contributed by atoms with Crippen molar-refractivity contribution in [1.82, 2.24) is 4.90 Å². The summed E-state index contributed by atoms with van der Waals surface area (Å²) in [6.45, 7) is 4.87. The lowest BCUT2D eigenvalue weighted by molar-refractivity contribution is -0.136. The van der Waals surface area contributed by atoms with Crippen LogP contribution in [-0.4, -0.2) is 45.8 Å². The third kappa shape index (κ3) is 7.92. The van der Waals surface area contributed by atoms with E-state index in [2.05, 4.69) is 5.32 Å². The number of amides is 2. The number of nitrogens with one attached hydrogen (secondary N) is 1. The molecule has 3 aromatic carbocycles. The molecular weight excluding hydrogens is 522 g/mol. The number of rotatable bonds is 9. The molecule has 0 aromatic heterocycles. The Balaban J connectivity index is 1.53. The number of urea groups is 1. The van der Waals surface area contributed by atoms with Crippen LogP contribution in [0.4, 0.5) is 19.3 Å². The Morgan fingerprint density at radius 2 is 1.60 bits per heavy atom. The molecule has 40 heavy (non-hydrogen) atoms. The summed E-state index contributed by atoms with van der Waals surface area (Å²) in [5.74, 6) is -1.68. The van der Waals surface area contributed by atoms with E-state index in [0.29, 0.717) is 61.3 Å². The number of piperidine rings is 1. The lowest BCUT2D eigenvalue weighted by Crippen LogP contribution is -2.48. The van der Waals surface area contributed by atoms with Gasteiger partial charge in [0.15, 0.2) is 11.6 Å². The van der Waals surface area contributed by atoms with Gasteiger partial charge in [-0.1, -0.05) is 26.0 Å². The van der Waals surface area contributed by atoms with Gasteiger partial charge >= 0.3 is 12.0 Å². The maximum Gasteiger partial charge on any atom is 0.321 e. The van der Waals surface area contributed by atoms with Gasteiger partial charge in [-0.05, 0) is 55.0 Å². The number of carboxylic acid groups (broad SMARTS) is 1. The average Bonchev–Trinajstić information content (AvgIpc) is 2.86. The molecule has 0 atom stereocenters. The van der Waals surface area contributed by atoms with E-state index in [9.17, 15) is 23.5 Å². The normalized spacial score (nSPS) is 14.6. The van der Waals surface area contributed by atoms with Gasteiger partial charge in [0.25, 0.3) is 0 Å². The number of halogens is 2. The lowest BCUT2D eigenvalue weighted by atomic mass is 9.84. The fourth-order valence-corrected chi connectivity index (χ4v) is 4.73. The largest absolute Gasteiger partial charge is 0.481 e. The summed E-state index contributed by atoms with van der Waals surface area (Å²) < 4.78 is 39.2. The van der Waals surface area contributed by atoms with E-state index in [1.165, 1.54) is 12.1 Å². The van der Waals surface area contributed by atoms with Crippen LogP contribution in [0.25, 0.3) is 0 Å². The number of hydrogen-bond donors (Lipinski definition) is 3. The highest BCUT2D eigenvalue weighted by molar-refractivity contribution is 5.90. The number of likely N-dealkylation sites (tertiary alicyclic amines) is 1. The third-order valence-electron chi connectivity index (χ3n) is 6.54. The van der Waals surface area contributed by atoms with Gasteiger partial charge in [0, 0.05) is 43.0 Å². The van der Waals surface area contributed by atoms with E-state index >= 15 is 0 Å². The van der Waals surface area contributed by atoms with Crippen LogP contribution in [0.5, 0.6) is 23.0 Å². The Morgan fingerprint density at radius 3 is 2.20 bits per heavy atom. The van der Waals surface area contributed by atoms with Crippen LogP contribution in [0.15, 0.2) is 60.7 Å². The highest BCUT2D eigenvalue weighted by Crippen LogP contribution is 2.34. The van der Waals surface area contributed by atoms with Crippen molar-refractivity contribution in [2.75, 3.05) is 18.4 Å². The van der Waals surface area contributed by atoms with Crippen LogP contribution in [0, 0.1) is 17.6 Å². The first-order chi connectivity index (χ1) is 19.0. The quantitative estimate of drug-likeness (QED) is 0.276. The van der Waals surface area contributed by atoms with Crippen LogP contribution in [0.2, 0.25) is 0 Å². The molecule has 0 aliphatic carbocycles. The first-order valence-corrected chi connectivity index (χ1v) is 13.0. The van der Waals surface area contributed by atoms with E-state index < -0.39 is 23.2 Å². The van der Waals surface area contributed by atoms with Crippen LogP contribution < -0.4 is 14.8 Å². The predicted molar refractivity (Wildman–Crippen MR) is 145 cm³/mol. The fraction of sp³-hybridized carbons (Fsp3) is 0.333. The molecule has 0 saturated carbocycles. The van der Waals surface area contributed by atoms with Crippen molar-refractivity contribution in [1.29, 1.82) is 0 Å². The minimum atomic E-state index is -0.953. The zero-order valence-corrected chi connectivity index (χ0v) is 22.3. The predicted octanol–water partition coefficient (Wildman–Crippen LogP) is 6.58. The number of carbonyl (C=O) groups excluding carboxylic acids is 1. The number of ether oxygens (including phenoxy) is 2. The smallest absolute Gasteiger partial charge is 0.321 e. The molecule has 3 aromatic rings. The zero-order chi connectivity index (χ0) is 28.9. The van der Waals surface area contributed by atoms with E-state index in [-0.39, 0.29) is 29.7 Å². The van der Waals surface area contributed by atoms with Crippen molar-refractivity contribution >= 4 is 17.7 Å². The minimum Gasteiger partial charge on any atom is -0.481 e. The Kier molecular flexibility index (Phi) is 8.89. The van der Waals surface area contributed by atoms with Crippen molar-refractivity contribution in [2.24, 2.45) is 5.92 Å². The van der Waals surface area contributed by atoms with Crippen LogP contribution in [-0.2, 0) is 11.2 Å². The summed E-state index contributed by atoms with van der Waals surface area (Å²) in [6, 6.07) is 13.5. The summed E-state index contributed by atoms with van der Waals surface area (Å²) in [5.41, 5.74) is 0.114. The van der Waals surface area contributed by atoms with Crippen molar-refractivity contribution in [2.45, 2.75) is 45.1 Å². The van der Waals surface area contributed by atoms with Gasteiger partial charge in [-0.25, -0.2) is 13.6 Å². The molecule has 1 aliphatic rings. The number of aliphatic hydroxyl groups is 1. The molecule has 2 amide bonds. The summed E-state index contributed by atoms with van der Waals surface area (Å²) in [7, 11) is 0. The van der Waals surface area contributed by atoms with Gasteiger partial charge in [-0.2, -0.15) is 0 Å². The second kappa shape index (κ2) is 12.3. The number of nitrogens with zero attached hydrogens (tertiary/aromatic N) is 1. The highest BCUT2D eigenvalue weighted by Gasteiger charge is 2.34. The molecule has 8 nitrogen and oxygen atoms in total. The van der Waals surface area contributed by atoms with Gasteiger partial charge in [0.05, 0.1) is 12.0 Å². The first-order valence-electron chi connectivity index (χ1n) is 13.0. The monoisotopic (exact) mass is 554 g/mol. The molecule has 4 rings (SSSR count). The Bertz CT molecular complexity index is 1350. The second-order valence-electron chi connectivity index (χ2n) is 10.4. The van der Waals surface area contributed by atoms with Gasteiger partial charge < -0.3 is 29.9 Å². The first kappa shape index (κ1) is 28.8.